The fourth-order valence-electron chi connectivity index (χ4n) is 1.85. The Hall–Kier alpha value is -1.88. The smallest absolute Gasteiger partial charge is 0.308 e. The fraction of sp³-hybridized carbons (Fsp3) is 0.500. The van der Waals surface area contributed by atoms with E-state index in [9.17, 15) is 14.7 Å². The topological polar surface area (TPSA) is 75.6 Å². The van der Waals surface area contributed by atoms with E-state index >= 15 is 0 Å². The number of ether oxygens (including phenoxy) is 1. The van der Waals surface area contributed by atoms with Crippen LogP contribution in [0, 0.1) is 12.8 Å². The molecule has 0 aromatic heterocycles. The van der Waals surface area contributed by atoms with Crippen molar-refractivity contribution >= 4 is 11.9 Å². The summed E-state index contributed by atoms with van der Waals surface area (Å²) in [7, 11) is 0. The Labute approximate surface area is 125 Å². The number of amides is 1. The number of nitrogens with one attached hydrogen (secondary N) is 1. The molecule has 0 radical (unpaired) electrons. The molecule has 1 atom stereocenters. The van der Waals surface area contributed by atoms with Crippen LogP contribution in [0.5, 0.6) is 0 Å². The van der Waals surface area contributed by atoms with Crippen molar-refractivity contribution in [3.05, 3.63) is 35.4 Å². The highest BCUT2D eigenvalue weighted by molar-refractivity contribution is 5.78. The van der Waals surface area contributed by atoms with Crippen LogP contribution in [0.15, 0.2) is 24.3 Å². The average molecular weight is 293 g/mol. The van der Waals surface area contributed by atoms with Crippen molar-refractivity contribution in [2.45, 2.75) is 26.7 Å². The van der Waals surface area contributed by atoms with E-state index in [2.05, 4.69) is 5.32 Å². The summed E-state index contributed by atoms with van der Waals surface area (Å²) < 4.78 is 5.11. The Kier molecular flexibility index (Phi) is 7.46. The second-order valence-corrected chi connectivity index (χ2v) is 5.08. The first-order valence-corrected chi connectivity index (χ1v) is 7.15. The molecule has 0 unspecified atom stereocenters. The van der Waals surface area contributed by atoms with Gasteiger partial charge >= 0.3 is 5.97 Å². The first kappa shape index (κ1) is 17.2. The maximum absolute atomic E-state index is 11.5. The second kappa shape index (κ2) is 9.13. The molecule has 0 saturated carbocycles. The van der Waals surface area contributed by atoms with Crippen molar-refractivity contribution < 1.29 is 19.4 Å². The van der Waals surface area contributed by atoms with Gasteiger partial charge in [0.05, 0.1) is 5.92 Å². The van der Waals surface area contributed by atoms with Crippen LogP contribution in [-0.4, -0.2) is 36.7 Å². The van der Waals surface area contributed by atoms with E-state index in [1.807, 2.05) is 38.1 Å². The minimum absolute atomic E-state index is 0.0231. The van der Waals surface area contributed by atoms with Gasteiger partial charge in [0.15, 0.2) is 0 Å². The lowest BCUT2D eigenvalue weighted by Crippen LogP contribution is -2.36. The lowest BCUT2D eigenvalue weighted by Gasteiger charge is -2.14. The van der Waals surface area contributed by atoms with Crippen molar-refractivity contribution in [3.63, 3.8) is 0 Å². The summed E-state index contributed by atoms with van der Waals surface area (Å²) in [6.07, 6.45) is 1.24. The number of carboxylic acids is 1. The molecule has 1 amide bonds. The summed E-state index contributed by atoms with van der Waals surface area (Å²) in [5.74, 6) is -1.83. The molecule has 1 aromatic rings. The van der Waals surface area contributed by atoms with E-state index in [0.717, 1.165) is 17.5 Å². The quantitative estimate of drug-likeness (QED) is 0.681. The number of rotatable bonds is 9. The van der Waals surface area contributed by atoms with Gasteiger partial charge in [0.25, 0.3) is 0 Å². The normalized spacial score (nSPS) is 11.9. The van der Waals surface area contributed by atoms with Crippen molar-refractivity contribution in [3.8, 4) is 0 Å². The van der Waals surface area contributed by atoms with E-state index in [1.165, 1.54) is 0 Å². The number of hydrogen-bond acceptors (Lipinski definition) is 3. The largest absolute Gasteiger partial charge is 0.481 e. The van der Waals surface area contributed by atoms with Gasteiger partial charge in [-0.25, -0.2) is 0 Å². The zero-order valence-electron chi connectivity index (χ0n) is 12.6. The molecule has 0 saturated heterocycles. The van der Waals surface area contributed by atoms with Gasteiger partial charge in [0.2, 0.25) is 5.91 Å². The van der Waals surface area contributed by atoms with E-state index < -0.39 is 11.9 Å². The molecule has 0 spiro atoms. The van der Waals surface area contributed by atoms with Crippen LogP contribution in [0.1, 0.15) is 24.5 Å². The molecule has 1 rings (SSSR count). The van der Waals surface area contributed by atoms with Gasteiger partial charge in [0, 0.05) is 13.2 Å². The molecule has 5 nitrogen and oxygen atoms in total. The molecule has 1 aromatic carbocycles. The molecule has 21 heavy (non-hydrogen) atoms. The Balaban J connectivity index is 2.45. The van der Waals surface area contributed by atoms with Crippen molar-refractivity contribution in [1.82, 2.24) is 5.32 Å². The van der Waals surface area contributed by atoms with Gasteiger partial charge < -0.3 is 15.2 Å². The molecular weight excluding hydrogens is 270 g/mol. The van der Waals surface area contributed by atoms with Crippen LogP contribution >= 0.6 is 0 Å². The third kappa shape index (κ3) is 6.90. The third-order valence-electron chi connectivity index (χ3n) is 3.08. The van der Waals surface area contributed by atoms with E-state index in [1.54, 1.807) is 0 Å². The summed E-state index contributed by atoms with van der Waals surface area (Å²) in [5, 5.41) is 11.8. The molecule has 0 aliphatic rings. The molecule has 0 heterocycles. The van der Waals surface area contributed by atoms with Gasteiger partial charge in [-0.1, -0.05) is 36.8 Å². The standard InChI is InChI=1S/C16H23NO4/c1-3-8-21-11-15(18)17-10-14(16(19)20)9-13-6-4-12(2)5-7-13/h4-7,14H,3,8-11H2,1-2H3,(H,17,18)(H,19,20)/t14-/m0/s1. The lowest BCUT2D eigenvalue weighted by molar-refractivity contribution is -0.141. The number of aliphatic carboxylic acids is 1. The lowest BCUT2D eigenvalue weighted by atomic mass is 9.98. The number of hydrogen-bond donors (Lipinski definition) is 2. The number of benzene rings is 1. The molecule has 0 fully saturated rings. The number of carbonyl (C=O) groups excluding carboxylic acids is 1. The van der Waals surface area contributed by atoms with Crippen LogP contribution < -0.4 is 5.32 Å². The highest BCUT2D eigenvalue weighted by Gasteiger charge is 2.18. The molecule has 5 heteroatoms. The van der Waals surface area contributed by atoms with Gasteiger partial charge in [0.1, 0.15) is 6.61 Å². The van der Waals surface area contributed by atoms with E-state index in [-0.39, 0.29) is 19.1 Å². The van der Waals surface area contributed by atoms with Gasteiger partial charge in [-0.2, -0.15) is 0 Å². The fourth-order valence-corrected chi connectivity index (χ4v) is 1.85. The Morgan fingerprint density at radius 3 is 2.52 bits per heavy atom. The number of carbonyl (C=O) groups is 2. The Morgan fingerprint density at radius 1 is 1.29 bits per heavy atom. The minimum Gasteiger partial charge on any atom is -0.481 e. The molecule has 0 aliphatic heterocycles. The highest BCUT2D eigenvalue weighted by Crippen LogP contribution is 2.10. The Bertz CT molecular complexity index is 456. The average Bonchev–Trinajstić information content (AvgIpc) is 2.45. The van der Waals surface area contributed by atoms with Crippen molar-refractivity contribution in [2.75, 3.05) is 19.8 Å². The van der Waals surface area contributed by atoms with Crippen LogP contribution in [0.3, 0.4) is 0 Å². The molecule has 2 N–H and O–H groups in total. The second-order valence-electron chi connectivity index (χ2n) is 5.08. The third-order valence-corrected chi connectivity index (χ3v) is 3.08. The molecule has 116 valence electrons. The molecular formula is C16H23NO4. The zero-order valence-corrected chi connectivity index (χ0v) is 12.6. The summed E-state index contributed by atoms with van der Waals surface area (Å²) >= 11 is 0. The summed E-state index contributed by atoms with van der Waals surface area (Å²) in [4.78, 5) is 22.8. The minimum atomic E-state index is -0.912. The van der Waals surface area contributed by atoms with Crippen LogP contribution in [0.25, 0.3) is 0 Å². The summed E-state index contributed by atoms with van der Waals surface area (Å²) in [6.45, 7) is 4.55. The first-order chi connectivity index (χ1) is 10.0. The van der Waals surface area contributed by atoms with Crippen molar-refractivity contribution in [1.29, 1.82) is 0 Å². The van der Waals surface area contributed by atoms with Gasteiger partial charge in [-0.15, -0.1) is 0 Å². The van der Waals surface area contributed by atoms with E-state index in [0.29, 0.717) is 13.0 Å². The monoisotopic (exact) mass is 293 g/mol. The molecule has 0 aliphatic carbocycles. The Morgan fingerprint density at radius 2 is 1.95 bits per heavy atom. The van der Waals surface area contributed by atoms with Gasteiger partial charge in [-0.3, -0.25) is 9.59 Å². The SMILES string of the molecule is CCCOCC(=O)NC[C@H](Cc1ccc(C)cc1)C(=O)O. The van der Waals surface area contributed by atoms with Gasteiger partial charge in [-0.05, 0) is 25.3 Å². The summed E-state index contributed by atoms with van der Waals surface area (Å²) in [6, 6.07) is 7.73. The molecule has 0 bridgehead atoms. The highest BCUT2D eigenvalue weighted by atomic mass is 16.5. The number of aryl methyl sites for hydroxylation is 1. The number of carboxylic acid groups (broad SMARTS) is 1. The maximum Gasteiger partial charge on any atom is 0.308 e. The van der Waals surface area contributed by atoms with Crippen LogP contribution in [-0.2, 0) is 20.7 Å². The first-order valence-electron chi connectivity index (χ1n) is 7.15. The predicted molar refractivity (Wildman–Crippen MR) is 80.1 cm³/mol. The van der Waals surface area contributed by atoms with Crippen LogP contribution in [0.2, 0.25) is 0 Å². The predicted octanol–water partition coefficient (Wildman–Crippen LogP) is 1.78. The maximum atomic E-state index is 11.5. The van der Waals surface area contributed by atoms with Crippen LogP contribution in [0.4, 0.5) is 0 Å². The van der Waals surface area contributed by atoms with Crippen molar-refractivity contribution in [2.24, 2.45) is 5.92 Å². The summed E-state index contributed by atoms with van der Waals surface area (Å²) in [5.41, 5.74) is 2.08. The van der Waals surface area contributed by atoms with E-state index in [4.69, 9.17) is 4.74 Å². The zero-order chi connectivity index (χ0) is 15.7.